The third kappa shape index (κ3) is 5.81. The molecule has 1 unspecified atom stereocenters. The lowest BCUT2D eigenvalue weighted by molar-refractivity contribution is -0.129. The number of fused-ring (bicyclic) bond motifs is 1. The van der Waals surface area contributed by atoms with Crippen LogP contribution in [-0.4, -0.2) is 52.4 Å². The summed E-state index contributed by atoms with van der Waals surface area (Å²) in [5.41, 5.74) is 1.70. The van der Waals surface area contributed by atoms with Gasteiger partial charge in [-0.1, -0.05) is 12.1 Å². The maximum absolute atomic E-state index is 15.2. The molecule has 8 nitrogen and oxygen atoms in total. The van der Waals surface area contributed by atoms with E-state index in [-0.39, 0.29) is 52.7 Å². The van der Waals surface area contributed by atoms with Crippen LogP contribution in [0, 0.1) is 28.8 Å². The number of benzene rings is 3. The van der Waals surface area contributed by atoms with Gasteiger partial charge in [0.25, 0.3) is 5.91 Å². The molecular weight excluding hydrogens is 593 g/mol. The number of hydrogen-bond acceptors (Lipinski definition) is 7. The molecule has 3 aliphatic rings. The molecule has 0 aromatic heterocycles. The zero-order valence-electron chi connectivity index (χ0n) is 23.6. The number of anilines is 1. The molecule has 0 aliphatic carbocycles. The minimum absolute atomic E-state index is 0.0204. The van der Waals surface area contributed by atoms with E-state index in [0.29, 0.717) is 54.9 Å². The van der Waals surface area contributed by atoms with Crippen LogP contribution in [-0.2, 0) is 17.9 Å². The van der Waals surface area contributed by atoms with Crippen molar-refractivity contribution in [1.29, 1.82) is 5.26 Å². The highest BCUT2D eigenvalue weighted by atomic mass is 32.2. The zero-order valence-corrected chi connectivity index (χ0v) is 24.4. The zero-order chi connectivity index (χ0) is 31.0. The lowest BCUT2D eigenvalue weighted by Crippen LogP contribution is -2.55. The second-order valence-corrected chi connectivity index (χ2v) is 12.4. The average Bonchev–Trinajstić information content (AvgIpc) is 3.36. The predicted molar refractivity (Wildman–Crippen MR) is 156 cm³/mol. The summed E-state index contributed by atoms with van der Waals surface area (Å²) in [6, 6.07) is 13.7. The van der Waals surface area contributed by atoms with E-state index in [0.717, 1.165) is 0 Å². The molecule has 12 heteroatoms. The number of aliphatic hydroxyl groups excluding tert-OH is 1. The van der Waals surface area contributed by atoms with Crippen molar-refractivity contribution in [2.75, 3.05) is 18.0 Å². The van der Waals surface area contributed by atoms with Crippen LogP contribution in [0.5, 0.6) is 5.75 Å². The third-order valence-electron chi connectivity index (χ3n) is 8.36. The van der Waals surface area contributed by atoms with Gasteiger partial charge in [0.05, 0.1) is 29.9 Å². The molecule has 2 saturated heterocycles. The van der Waals surface area contributed by atoms with E-state index in [1.807, 2.05) is 11.0 Å². The van der Waals surface area contributed by atoms with Crippen LogP contribution in [0.25, 0.3) is 0 Å². The molecule has 3 aliphatic heterocycles. The Kier molecular flexibility index (Phi) is 8.42. The number of nitriles is 1. The summed E-state index contributed by atoms with van der Waals surface area (Å²) in [7, 11) is 0. The van der Waals surface area contributed by atoms with Crippen LogP contribution >= 0.6 is 11.8 Å². The first-order valence-electron chi connectivity index (χ1n) is 14.3. The second-order valence-electron chi connectivity index (χ2n) is 11.1. The van der Waals surface area contributed by atoms with Gasteiger partial charge in [0.1, 0.15) is 24.4 Å². The van der Waals surface area contributed by atoms with Crippen molar-refractivity contribution in [3.63, 3.8) is 0 Å². The number of amides is 2. The lowest BCUT2D eigenvalue weighted by atomic mass is 10.0. The van der Waals surface area contributed by atoms with Gasteiger partial charge in [0.2, 0.25) is 5.91 Å². The second kappa shape index (κ2) is 12.4. The summed E-state index contributed by atoms with van der Waals surface area (Å²) in [5, 5.41) is 21.8. The summed E-state index contributed by atoms with van der Waals surface area (Å²) in [5.74, 6) is -2.62. The predicted octanol–water partition coefficient (Wildman–Crippen LogP) is 4.87. The molecule has 2 atom stereocenters. The maximum Gasteiger partial charge on any atom is 0.255 e. The van der Waals surface area contributed by atoms with Gasteiger partial charge in [0, 0.05) is 46.3 Å². The SMILES string of the molecule is N#Cc1ccc(N2CCC(Sc3ccc(COc4cccc5c4CN([C@H]4CCC(=O)NC4O)C5=O)c(F)c3F)CC2)c(F)c1. The number of thioether (sulfide) groups is 1. The summed E-state index contributed by atoms with van der Waals surface area (Å²) in [4.78, 5) is 28.3. The first-order valence-corrected chi connectivity index (χ1v) is 15.2. The van der Waals surface area contributed by atoms with Gasteiger partial charge in [-0.25, -0.2) is 13.2 Å². The number of nitrogens with one attached hydrogen (secondary N) is 1. The van der Waals surface area contributed by atoms with Gasteiger partial charge in [0.15, 0.2) is 11.6 Å². The minimum atomic E-state index is -1.18. The molecular formula is C32H29F3N4O4S. The Hall–Kier alpha value is -4.21. The summed E-state index contributed by atoms with van der Waals surface area (Å²) in [6.07, 6.45) is 0.643. The average molecular weight is 623 g/mol. The smallest absolute Gasteiger partial charge is 0.255 e. The van der Waals surface area contributed by atoms with Crippen molar-refractivity contribution in [2.45, 2.75) is 61.3 Å². The number of piperidine rings is 2. The van der Waals surface area contributed by atoms with E-state index in [4.69, 9.17) is 10.00 Å². The van der Waals surface area contributed by atoms with E-state index < -0.39 is 29.7 Å². The Balaban J connectivity index is 1.08. The first kappa shape index (κ1) is 29.8. The Morgan fingerprint density at radius 1 is 1.05 bits per heavy atom. The molecule has 0 saturated carbocycles. The van der Waals surface area contributed by atoms with Crippen molar-refractivity contribution in [1.82, 2.24) is 10.2 Å². The lowest BCUT2D eigenvalue weighted by Gasteiger charge is -2.35. The standard InChI is InChI=1S/C32H29F3N4O4S/c33-23-14-18(15-36)4-6-24(23)38-12-10-20(11-13-38)44-27-8-5-19(29(34)30(27)35)17-43-26-3-1-2-21-22(26)16-39(32(21)42)25-7-9-28(40)37-31(25)41/h1-6,8,14,20,25,31,41H,7,9-13,16-17H2,(H,37,40)/t25-,31?/m0/s1. The van der Waals surface area contributed by atoms with E-state index >= 15 is 8.78 Å². The highest BCUT2D eigenvalue weighted by Gasteiger charge is 2.40. The largest absolute Gasteiger partial charge is 0.488 e. The Morgan fingerprint density at radius 3 is 2.57 bits per heavy atom. The number of halogens is 3. The molecule has 0 bridgehead atoms. The van der Waals surface area contributed by atoms with Crippen LogP contribution in [0.4, 0.5) is 18.9 Å². The van der Waals surface area contributed by atoms with Crippen molar-refractivity contribution >= 4 is 29.3 Å². The highest BCUT2D eigenvalue weighted by Crippen LogP contribution is 2.37. The minimum Gasteiger partial charge on any atom is -0.488 e. The number of ether oxygens (including phenoxy) is 1. The summed E-state index contributed by atoms with van der Waals surface area (Å²) < 4.78 is 50.6. The van der Waals surface area contributed by atoms with Crippen LogP contribution in [0.1, 0.15) is 52.7 Å². The van der Waals surface area contributed by atoms with E-state index in [2.05, 4.69) is 5.32 Å². The fraction of sp³-hybridized carbons (Fsp3) is 0.344. The molecule has 3 heterocycles. The maximum atomic E-state index is 15.2. The molecule has 0 radical (unpaired) electrons. The third-order valence-corrected chi connectivity index (χ3v) is 9.73. The molecule has 3 aromatic rings. The van der Waals surface area contributed by atoms with Crippen LogP contribution < -0.4 is 15.0 Å². The number of rotatable bonds is 7. The molecule has 6 rings (SSSR count). The number of hydrogen-bond donors (Lipinski definition) is 2. The van der Waals surface area contributed by atoms with Crippen LogP contribution in [0.3, 0.4) is 0 Å². The molecule has 44 heavy (non-hydrogen) atoms. The van der Waals surface area contributed by atoms with Crippen molar-refractivity contribution in [3.8, 4) is 11.8 Å². The van der Waals surface area contributed by atoms with Crippen molar-refractivity contribution in [2.24, 2.45) is 0 Å². The summed E-state index contributed by atoms with van der Waals surface area (Å²) >= 11 is 1.26. The van der Waals surface area contributed by atoms with Crippen molar-refractivity contribution in [3.05, 3.63) is 88.2 Å². The highest BCUT2D eigenvalue weighted by molar-refractivity contribution is 8.00. The summed E-state index contributed by atoms with van der Waals surface area (Å²) in [6.45, 7) is 0.998. The Morgan fingerprint density at radius 2 is 1.84 bits per heavy atom. The molecule has 2 amide bonds. The van der Waals surface area contributed by atoms with E-state index in [1.165, 1.54) is 34.9 Å². The number of carbonyl (C=O) groups excluding carboxylic acids is 2. The van der Waals surface area contributed by atoms with E-state index in [9.17, 15) is 19.1 Å². The van der Waals surface area contributed by atoms with Crippen LogP contribution in [0.15, 0.2) is 53.4 Å². The quantitative estimate of drug-likeness (QED) is 0.388. The molecule has 2 N–H and O–H groups in total. The van der Waals surface area contributed by atoms with Gasteiger partial charge in [-0.15, -0.1) is 11.8 Å². The van der Waals surface area contributed by atoms with Gasteiger partial charge in [-0.2, -0.15) is 5.26 Å². The fourth-order valence-corrected chi connectivity index (χ4v) is 7.13. The number of carbonyl (C=O) groups is 2. The molecule has 2 fully saturated rings. The molecule has 3 aromatic carbocycles. The fourth-order valence-electron chi connectivity index (χ4n) is 5.98. The molecule has 0 spiro atoms. The van der Waals surface area contributed by atoms with E-state index in [1.54, 1.807) is 30.3 Å². The van der Waals surface area contributed by atoms with Gasteiger partial charge in [-0.3, -0.25) is 9.59 Å². The van der Waals surface area contributed by atoms with Crippen molar-refractivity contribution < 1.29 is 32.6 Å². The normalized spacial score (nSPS) is 20.3. The Bertz CT molecular complexity index is 1660. The number of aliphatic hydroxyl groups is 1. The monoisotopic (exact) mass is 622 g/mol. The Labute approximate surface area is 256 Å². The van der Waals surface area contributed by atoms with Gasteiger partial charge in [-0.05, 0) is 55.7 Å². The van der Waals surface area contributed by atoms with Gasteiger partial charge < -0.3 is 25.0 Å². The first-order chi connectivity index (χ1) is 21.2. The molecule has 228 valence electrons. The topological polar surface area (TPSA) is 106 Å². The number of nitrogens with zero attached hydrogens (tertiary/aromatic N) is 3. The van der Waals surface area contributed by atoms with Crippen LogP contribution in [0.2, 0.25) is 0 Å². The van der Waals surface area contributed by atoms with Gasteiger partial charge >= 0.3 is 0 Å².